The van der Waals surface area contributed by atoms with E-state index in [4.69, 9.17) is 5.11 Å². The monoisotopic (exact) mass is 183 g/mol. The summed E-state index contributed by atoms with van der Waals surface area (Å²) in [5.41, 5.74) is 0. The molecule has 0 aromatic rings. The molecule has 0 aromatic heterocycles. The van der Waals surface area contributed by atoms with Crippen molar-refractivity contribution in [3.05, 3.63) is 0 Å². The lowest BCUT2D eigenvalue weighted by molar-refractivity contribution is -0.123. The third-order valence-corrected chi connectivity index (χ3v) is 1.73. The van der Waals surface area contributed by atoms with Gasteiger partial charge >= 0.3 is 0 Å². The smallest absolute Gasteiger partial charge is 0.298 e. The lowest BCUT2D eigenvalue weighted by Gasteiger charge is -2.12. The van der Waals surface area contributed by atoms with Crippen molar-refractivity contribution in [1.82, 2.24) is 4.90 Å². The zero-order valence-electron chi connectivity index (χ0n) is 8.34. The zero-order chi connectivity index (χ0) is 10.1. The molecule has 0 spiro atoms. The van der Waals surface area contributed by atoms with Crippen LogP contribution in [0.4, 0.5) is 0 Å². The molecule has 0 saturated heterocycles. The SMILES string of the molecule is CC#CC(=O)N(C)CCCCCO. The Kier molecular flexibility index (Phi) is 7.04. The number of carbonyl (C=O) groups excluding carboxylic acids is 1. The van der Waals surface area contributed by atoms with Crippen molar-refractivity contribution in [2.24, 2.45) is 0 Å². The molecular formula is C10H17NO2. The molecule has 0 bridgehead atoms. The summed E-state index contributed by atoms with van der Waals surface area (Å²) >= 11 is 0. The molecule has 0 rings (SSSR count). The third kappa shape index (κ3) is 6.18. The van der Waals surface area contributed by atoms with E-state index in [9.17, 15) is 4.79 Å². The summed E-state index contributed by atoms with van der Waals surface area (Å²) in [7, 11) is 1.74. The van der Waals surface area contributed by atoms with Crippen LogP contribution in [-0.4, -0.2) is 36.1 Å². The van der Waals surface area contributed by atoms with Crippen molar-refractivity contribution in [1.29, 1.82) is 0 Å². The van der Waals surface area contributed by atoms with Gasteiger partial charge in [-0.05, 0) is 32.1 Å². The van der Waals surface area contributed by atoms with Crippen LogP contribution in [0.3, 0.4) is 0 Å². The van der Waals surface area contributed by atoms with Gasteiger partial charge in [0.15, 0.2) is 0 Å². The number of amides is 1. The Bertz CT molecular complexity index is 203. The van der Waals surface area contributed by atoms with Gasteiger partial charge in [0.1, 0.15) is 0 Å². The normalized spacial score (nSPS) is 8.85. The first-order valence-electron chi connectivity index (χ1n) is 4.51. The number of nitrogens with zero attached hydrogens (tertiary/aromatic N) is 1. The highest BCUT2D eigenvalue weighted by Gasteiger charge is 2.03. The van der Waals surface area contributed by atoms with Crippen molar-refractivity contribution in [3.63, 3.8) is 0 Å². The van der Waals surface area contributed by atoms with E-state index in [0.717, 1.165) is 19.3 Å². The average molecular weight is 183 g/mol. The second-order valence-corrected chi connectivity index (χ2v) is 2.89. The predicted molar refractivity (Wildman–Crippen MR) is 52.0 cm³/mol. The molecule has 0 radical (unpaired) electrons. The Balaban J connectivity index is 3.54. The fraction of sp³-hybridized carbons (Fsp3) is 0.700. The van der Waals surface area contributed by atoms with Crippen LogP contribution in [-0.2, 0) is 4.79 Å². The van der Waals surface area contributed by atoms with Crippen LogP contribution in [0.5, 0.6) is 0 Å². The van der Waals surface area contributed by atoms with Gasteiger partial charge in [-0.15, -0.1) is 0 Å². The Hall–Kier alpha value is -1.01. The molecule has 0 aromatic carbocycles. The van der Waals surface area contributed by atoms with E-state index in [2.05, 4.69) is 11.8 Å². The zero-order valence-corrected chi connectivity index (χ0v) is 8.34. The van der Waals surface area contributed by atoms with Crippen LogP contribution in [0.2, 0.25) is 0 Å². The topological polar surface area (TPSA) is 40.5 Å². The second-order valence-electron chi connectivity index (χ2n) is 2.89. The van der Waals surface area contributed by atoms with E-state index in [1.807, 2.05) is 0 Å². The first-order valence-corrected chi connectivity index (χ1v) is 4.51. The number of hydrogen-bond acceptors (Lipinski definition) is 2. The predicted octanol–water partition coefficient (Wildman–Crippen LogP) is 0.631. The van der Waals surface area contributed by atoms with Crippen LogP contribution in [0.1, 0.15) is 26.2 Å². The largest absolute Gasteiger partial charge is 0.396 e. The Morgan fingerprint density at radius 2 is 2.08 bits per heavy atom. The van der Waals surface area contributed by atoms with E-state index < -0.39 is 0 Å². The minimum absolute atomic E-state index is 0.133. The van der Waals surface area contributed by atoms with E-state index in [1.165, 1.54) is 0 Å². The lowest BCUT2D eigenvalue weighted by Crippen LogP contribution is -2.26. The van der Waals surface area contributed by atoms with Gasteiger partial charge in [0, 0.05) is 20.2 Å². The van der Waals surface area contributed by atoms with E-state index in [0.29, 0.717) is 6.54 Å². The molecular weight excluding hydrogens is 166 g/mol. The molecule has 0 aliphatic rings. The van der Waals surface area contributed by atoms with Crippen molar-refractivity contribution < 1.29 is 9.90 Å². The molecule has 0 aliphatic heterocycles. The fourth-order valence-corrected chi connectivity index (χ4v) is 0.941. The number of aliphatic hydroxyl groups excluding tert-OH is 1. The highest BCUT2D eigenvalue weighted by atomic mass is 16.2. The summed E-state index contributed by atoms with van der Waals surface area (Å²) in [6.07, 6.45) is 2.68. The van der Waals surface area contributed by atoms with Gasteiger partial charge < -0.3 is 10.0 Å². The molecule has 3 nitrogen and oxygen atoms in total. The van der Waals surface area contributed by atoms with Gasteiger partial charge in [-0.1, -0.05) is 5.92 Å². The number of rotatable bonds is 5. The highest BCUT2D eigenvalue weighted by molar-refractivity contribution is 5.93. The first-order chi connectivity index (χ1) is 6.22. The van der Waals surface area contributed by atoms with Crippen molar-refractivity contribution >= 4 is 5.91 Å². The van der Waals surface area contributed by atoms with Crippen molar-refractivity contribution in [2.75, 3.05) is 20.2 Å². The van der Waals surface area contributed by atoms with Crippen LogP contribution >= 0.6 is 0 Å². The van der Waals surface area contributed by atoms with Gasteiger partial charge in [-0.2, -0.15) is 0 Å². The van der Waals surface area contributed by atoms with Gasteiger partial charge in [0.05, 0.1) is 0 Å². The van der Waals surface area contributed by atoms with Crippen molar-refractivity contribution in [3.8, 4) is 11.8 Å². The Labute approximate surface area is 79.7 Å². The fourth-order valence-electron chi connectivity index (χ4n) is 0.941. The minimum Gasteiger partial charge on any atom is -0.396 e. The van der Waals surface area contributed by atoms with Gasteiger partial charge in [0.2, 0.25) is 0 Å². The minimum atomic E-state index is -0.133. The summed E-state index contributed by atoms with van der Waals surface area (Å²) in [5, 5.41) is 8.52. The quantitative estimate of drug-likeness (QED) is 0.501. The van der Waals surface area contributed by atoms with Gasteiger partial charge in [0.25, 0.3) is 5.91 Å². The third-order valence-electron chi connectivity index (χ3n) is 1.73. The summed E-state index contributed by atoms with van der Waals surface area (Å²) in [5.74, 6) is 4.91. The van der Waals surface area contributed by atoms with Crippen molar-refractivity contribution in [2.45, 2.75) is 26.2 Å². The van der Waals surface area contributed by atoms with E-state index in [-0.39, 0.29) is 12.5 Å². The number of carbonyl (C=O) groups is 1. The van der Waals surface area contributed by atoms with Crippen LogP contribution in [0.25, 0.3) is 0 Å². The number of aliphatic hydroxyl groups is 1. The maximum Gasteiger partial charge on any atom is 0.298 e. The van der Waals surface area contributed by atoms with Crippen LogP contribution in [0.15, 0.2) is 0 Å². The number of hydrogen-bond donors (Lipinski definition) is 1. The molecule has 1 N–H and O–H groups in total. The maximum atomic E-state index is 11.1. The van der Waals surface area contributed by atoms with Gasteiger partial charge in [-0.3, -0.25) is 4.79 Å². The molecule has 3 heteroatoms. The average Bonchev–Trinajstić information content (AvgIpc) is 2.12. The van der Waals surface area contributed by atoms with E-state index >= 15 is 0 Å². The van der Waals surface area contributed by atoms with Gasteiger partial charge in [-0.25, -0.2) is 0 Å². The second kappa shape index (κ2) is 7.63. The summed E-state index contributed by atoms with van der Waals surface area (Å²) in [6.45, 7) is 2.59. The van der Waals surface area contributed by atoms with Crippen LogP contribution in [0, 0.1) is 11.8 Å². The summed E-state index contributed by atoms with van der Waals surface area (Å²) < 4.78 is 0. The first kappa shape index (κ1) is 12.0. The van der Waals surface area contributed by atoms with Crippen LogP contribution < -0.4 is 0 Å². The molecule has 0 atom stereocenters. The van der Waals surface area contributed by atoms with E-state index in [1.54, 1.807) is 18.9 Å². The summed E-state index contributed by atoms with van der Waals surface area (Å²) in [4.78, 5) is 12.7. The standard InChI is InChI=1S/C10H17NO2/c1-3-7-10(13)11(2)8-5-4-6-9-12/h12H,4-6,8-9H2,1-2H3. The molecule has 0 aliphatic carbocycles. The molecule has 74 valence electrons. The Morgan fingerprint density at radius 1 is 1.38 bits per heavy atom. The molecule has 0 heterocycles. The molecule has 13 heavy (non-hydrogen) atoms. The molecule has 0 saturated carbocycles. The molecule has 0 unspecified atom stereocenters. The molecule has 1 amide bonds. The Morgan fingerprint density at radius 3 is 2.62 bits per heavy atom. The highest BCUT2D eigenvalue weighted by Crippen LogP contribution is 1.96. The lowest BCUT2D eigenvalue weighted by atomic mass is 10.2. The molecule has 0 fully saturated rings. The maximum absolute atomic E-state index is 11.1. The summed E-state index contributed by atoms with van der Waals surface area (Å²) in [6, 6.07) is 0. The number of unbranched alkanes of at least 4 members (excludes halogenated alkanes) is 2.